The molecule has 1 aromatic rings. The molecule has 0 heterocycles. The quantitative estimate of drug-likeness (QED) is 0.645. The fraction of sp³-hybridized carbons (Fsp3) is 0.308. The van der Waals surface area contributed by atoms with Crippen LogP contribution in [0.2, 0.25) is 0 Å². The topological polar surface area (TPSA) is 38.3 Å². The van der Waals surface area contributed by atoms with Crippen LogP contribution in [0, 0.1) is 12.7 Å². The summed E-state index contributed by atoms with van der Waals surface area (Å²) >= 11 is 0. The highest BCUT2D eigenvalue weighted by Crippen LogP contribution is 2.16. The van der Waals surface area contributed by atoms with Crippen LogP contribution in [0.4, 0.5) is 4.39 Å². The lowest BCUT2D eigenvalue weighted by molar-refractivity contribution is -0.134. The molecule has 17 heavy (non-hydrogen) atoms. The molecule has 1 atom stereocenters. The number of aryl methyl sites for hydroxylation is 1. The molecule has 0 amide bonds. The van der Waals surface area contributed by atoms with Gasteiger partial charge in [0.05, 0.1) is 7.11 Å². The van der Waals surface area contributed by atoms with Gasteiger partial charge in [0.25, 0.3) is 0 Å². The molecule has 1 unspecified atom stereocenters. The van der Waals surface area contributed by atoms with Crippen LogP contribution in [0.1, 0.15) is 24.1 Å². The highest BCUT2D eigenvalue weighted by Gasteiger charge is 2.05. The molecule has 0 saturated heterocycles. The average Bonchev–Trinajstić information content (AvgIpc) is 2.32. The summed E-state index contributed by atoms with van der Waals surface area (Å²) in [5, 5.41) is 2.96. The molecule has 1 rings (SSSR count). The van der Waals surface area contributed by atoms with Crippen LogP contribution in [0.5, 0.6) is 0 Å². The zero-order valence-electron chi connectivity index (χ0n) is 10.2. The average molecular weight is 237 g/mol. The number of halogens is 1. The van der Waals surface area contributed by atoms with Gasteiger partial charge in [0, 0.05) is 18.3 Å². The second kappa shape index (κ2) is 6.03. The summed E-state index contributed by atoms with van der Waals surface area (Å²) in [4.78, 5) is 10.8. The Morgan fingerprint density at radius 3 is 2.82 bits per heavy atom. The van der Waals surface area contributed by atoms with E-state index in [4.69, 9.17) is 0 Å². The van der Waals surface area contributed by atoms with Gasteiger partial charge in [0.1, 0.15) is 5.82 Å². The maximum Gasteiger partial charge on any atom is 0.331 e. The standard InChI is InChI=1S/C13H16FNO2/c1-9-4-5-11(8-12(9)14)10(2)15-7-6-13(16)17-3/h4-8,10,15H,1-3H3/b7-6+. The Morgan fingerprint density at radius 2 is 2.24 bits per heavy atom. The fourth-order valence-electron chi connectivity index (χ4n) is 1.30. The summed E-state index contributed by atoms with van der Waals surface area (Å²) in [7, 11) is 1.31. The Balaban J connectivity index is 2.63. The van der Waals surface area contributed by atoms with Crippen molar-refractivity contribution in [2.24, 2.45) is 0 Å². The number of hydrogen-bond acceptors (Lipinski definition) is 3. The minimum absolute atomic E-state index is 0.0778. The number of carbonyl (C=O) groups excluding carboxylic acids is 1. The van der Waals surface area contributed by atoms with Crippen LogP contribution < -0.4 is 5.32 Å². The summed E-state index contributed by atoms with van der Waals surface area (Å²) < 4.78 is 17.8. The highest BCUT2D eigenvalue weighted by atomic mass is 19.1. The Hall–Kier alpha value is -1.84. The van der Waals surface area contributed by atoms with Gasteiger partial charge in [-0.1, -0.05) is 12.1 Å². The van der Waals surface area contributed by atoms with Crippen molar-refractivity contribution in [3.8, 4) is 0 Å². The molecule has 0 aliphatic rings. The molecular formula is C13H16FNO2. The van der Waals surface area contributed by atoms with E-state index in [0.717, 1.165) is 5.56 Å². The number of benzene rings is 1. The second-order valence-corrected chi connectivity index (χ2v) is 3.75. The van der Waals surface area contributed by atoms with Crippen molar-refractivity contribution < 1.29 is 13.9 Å². The molecule has 3 nitrogen and oxygen atoms in total. The maximum atomic E-state index is 13.3. The lowest BCUT2D eigenvalue weighted by Crippen LogP contribution is -2.12. The molecule has 0 aromatic heterocycles. The van der Waals surface area contributed by atoms with E-state index in [-0.39, 0.29) is 11.9 Å². The lowest BCUT2D eigenvalue weighted by Gasteiger charge is -2.12. The molecule has 0 spiro atoms. The predicted molar refractivity (Wildman–Crippen MR) is 63.8 cm³/mol. The molecule has 0 radical (unpaired) electrons. The van der Waals surface area contributed by atoms with Gasteiger partial charge >= 0.3 is 5.97 Å². The number of rotatable bonds is 4. The van der Waals surface area contributed by atoms with E-state index in [1.54, 1.807) is 13.0 Å². The van der Waals surface area contributed by atoms with Gasteiger partial charge in [0.2, 0.25) is 0 Å². The molecule has 1 N–H and O–H groups in total. The van der Waals surface area contributed by atoms with Gasteiger partial charge in [-0.3, -0.25) is 0 Å². The van der Waals surface area contributed by atoms with Crippen molar-refractivity contribution in [3.63, 3.8) is 0 Å². The van der Waals surface area contributed by atoms with Crippen molar-refractivity contribution in [2.75, 3.05) is 7.11 Å². The SMILES string of the molecule is COC(=O)/C=C/NC(C)c1ccc(C)c(F)c1. The minimum atomic E-state index is -0.431. The largest absolute Gasteiger partial charge is 0.466 e. The summed E-state index contributed by atoms with van der Waals surface area (Å²) in [5.41, 5.74) is 1.44. The van der Waals surface area contributed by atoms with Crippen LogP contribution in [-0.2, 0) is 9.53 Å². The third kappa shape index (κ3) is 3.90. The highest BCUT2D eigenvalue weighted by molar-refractivity contribution is 5.81. The van der Waals surface area contributed by atoms with Crippen molar-refractivity contribution in [3.05, 3.63) is 47.4 Å². The first kappa shape index (κ1) is 13.2. The van der Waals surface area contributed by atoms with E-state index in [2.05, 4.69) is 10.1 Å². The van der Waals surface area contributed by atoms with E-state index in [0.29, 0.717) is 5.56 Å². The van der Waals surface area contributed by atoms with E-state index in [1.165, 1.54) is 25.5 Å². The minimum Gasteiger partial charge on any atom is -0.466 e. The van der Waals surface area contributed by atoms with Crippen molar-refractivity contribution in [1.82, 2.24) is 5.32 Å². The summed E-state index contributed by atoms with van der Waals surface area (Å²) in [5.74, 6) is -0.659. The van der Waals surface area contributed by atoms with E-state index >= 15 is 0 Å². The Morgan fingerprint density at radius 1 is 1.53 bits per heavy atom. The van der Waals surface area contributed by atoms with Crippen LogP contribution in [-0.4, -0.2) is 13.1 Å². The zero-order valence-corrected chi connectivity index (χ0v) is 10.2. The van der Waals surface area contributed by atoms with Crippen LogP contribution >= 0.6 is 0 Å². The molecular weight excluding hydrogens is 221 g/mol. The Bertz CT molecular complexity index is 429. The molecule has 0 bridgehead atoms. The first-order valence-corrected chi connectivity index (χ1v) is 5.31. The summed E-state index contributed by atoms with van der Waals surface area (Å²) in [6, 6.07) is 4.99. The third-order valence-corrected chi connectivity index (χ3v) is 2.46. The van der Waals surface area contributed by atoms with Gasteiger partial charge < -0.3 is 10.1 Å². The smallest absolute Gasteiger partial charge is 0.331 e. The van der Waals surface area contributed by atoms with Gasteiger partial charge in [-0.2, -0.15) is 0 Å². The van der Waals surface area contributed by atoms with Crippen molar-refractivity contribution in [2.45, 2.75) is 19.9 Å². The lowest BCUT2D eigenvalue weighted by atomic mass is 10.1. The zero-order chi connectivity index (χ0) is 12.8. The molecule has 4 heteroatoms. The molecule has 0 saturated carbocycles. The van der Waals surface area contributed by atoms with Crippen molar-refractivity contribution >= 4 is 5.97 Å². The van der Waals surface area contributed by atoms with Gasteiger partial charge in [-0.15, -0.1) is 0 Å². The van der Waals surface area contributed by atoms with E-state index in [9.17, 15) is 9.18 Å². The molecule has 0 aliphatic heterocycles. The van der Waals surface area contributed by atoms with Gasteiger partial charge in [-0.25, -0.2) is 9.18 Å². The monoisotopic (exact) mass is 237 g/mol. The fourth-order valence-corrected chi connectivity index (χ4v) is 1.30. The van der Waals surface area contributed by atoms with Crippen molar-refractivity contribution in [1.29, 1.82) is 0 Å². The number of ether oxygens (including phenoxy) is 1. The van der Waals surface area contributed by atoms with Crippen LogP contribution in [0.25, 0.3) is 0 Å². The molecule has 1 aromatic carbocycles. The number of nitrogens with one attached hydrogen (secondary N) is 1. The first-order chi connectivity index (χ1) is 8.04. The molecule has 0 aliphatic carbocycles. The van der Waals surface area contributed by atoms with Crippen LogP contribution in [0.15, 0.2) is 30.5 Å². The Kier molecular flexibility index (Phi) is 4.69. The number of hydrogen-bond donors (Lipinski definition) is 1. The number of carbonyl (C=O) groups is 1. The first-order valence-electron chi connectivity index (χ1n) is 5.31. The summed E-state index contributed by atoms with van der Waals surface area (Å²) in [6.45, 7) is 3.60. The predicted octanol–water partition coefficient (Wildman–Crippen LogP) is 2.47. The molecule has 0 fully saturated rings. The maximum absolute atomic E-state index is 13.3. The summed E-state index contributed by atoms with van der Waals surface area (Å²) in [6.07, 6.45) is 2.77. The molecule has 92 valence electrons. The number of methoxy groups -OCH3 is 1. The van der Waals surface area contributed by atoms with Crippen LogP contribution in [0.3, 0.4) is 0 Å². The van der Waals surface area contributed by atoms with E-state index < -0.39 is 5.97 Å². The van der Waals surface area contributed by atoms with E-state index in [1.807, 2.05) is 13.0 Å². The second-order valence-electron chi connectivity index (χ2n) is 3.75. The normalized spacial score (nSPS) is 12.5. The van der Waals surface area contributed by atoms with Gasteiger partial charge in [0.15, 0.2) is 0 Å². The number of esters is 1. The third-order valence-electron chi connectivity index (χ3n) is 2.46. The Labute approximate surface area is 100 Å². The van der Waals surface area contributed by atoms with Gasteiger partial charge in [-0.05, 0) is 31.0 Å².